The monoisotopic (exact) mass is 306 g/mol. The number of aliphatic hydroxyl groups is 1. The van der Waals surface area contributed by atoms with Crippen LogP contribution in [0.4, 0.5) is 13.2 Å². The maximum absolute atomic E-state index is 13.6. The summed E-state index contributed by atoms with van der Waals surface area (Å²) in [5.74, 6) is -0.341. The molecule has 0 aliphatic heterocycles. The SMILES string of the molecule is CC(=O)c1cc(C)c2c(c1)C(O)(C(F)(F)F)c1ccccc1-2. The molecule has 0 fully saturated rings. The van der Waals surface area contributed by atoms with Gasteiger partial charge in [-0.05, 0) is 42.7 Å². The van der Waals surface area contributed by atoms with Gasteiger partial charge >= 0.3 is 6.18 Å². The normalized spacial score (nSPS) is 19.7. The molecule has 1 aliphatic carbocycles. The van der Waals surface area contributed by atoms with Crippen molar-refractivity contribution >= 4 is 5.78 Å². The Balaban J connectivity index is 2.45. The van der Waals surface area contributed by atoms with Crippen molar-refractivity contribution in [1.29, 1.82) is 0 Å². The molecule has 0 saturated carbocycles. The predicted molar refractivity (Wildman–Crippen MR) is 75.7 cm³/mol. The van der Waals surface area contributed by atoms with Crippen LogP contribution in [0.2, 0.25) is 0 Å². The van der Waals surface area contributed by atoms with Gasteiger partial charge in [0.25, 0.3) is 0 Å². The van der Waals surface area contributed by atoms with E-state index in [4.69, 9.17) is 0 Å². The Morgan fingerprint density at radius 3 is 2.36 bits per heavy atom. The Labute approximate surface area is 125 Å². The van der Waals surface area contributed by atoms with E-state index in [-0.39, 0.29) is 22.5 Å². The highest BCUT2D eigenvalue weighted by molar-refractivity contribution is 5.96. The molecule has 1 N–H and O–H groups in total. The van der Waals surface area contributed by atoms with Crippen LogP contribution in [-0.2, 0) is 5.60 Å². The summed E-state index contributed by atoms with van der Waals surface area (Å²) in [4.78, 5) is 11.6. The molecule has 2 aromatic rings. The van der Waals surface area contributed by atoms with Gasteiger partial charge in [-0.1, -0.05) is 24.3 Å². The average molecular weight is 306 g/mol. The number of carbonyl (C=O) groups excluding carboxylic acids is 1. The molecule has 22 heavy (non-hydrogen) atoms. The van der Waals surface area contributed by atoms with Gasteiger partial charge in [-0.3, -0.25) is 4.79 Å². The van der Waals surface area contributed by atoms with Gasteiger partial charge in [0.2, 0.25) is 5.60 Å². The van der Waals surface area contributed by atoms with E-state index in [1.807, 2.05) is 0 Å². The van der Waals surface area contributed by atoms with E-state index in [1.54, 1.807) is 25.1 Å². The van der Waals surface area contributed by atoms with Crippen LogP contribution >= 0.6 is 0 Å². The summed E-state index contributed by atoms with van der Waals surface area (Å²) in [6.45, 7) is 2.93. The number of ketones is 1. The maximum atomic E-state index is 13.6. The highest BCUT2D eigenvalue weighted by Crippen LogP contribution is 2.55. The highest BCUT2D eigenvalue weighted by atomic mass is 19.4. The number of hydrogen-bond donors (Lipinski definition) is 1. The summed E-state index contributed by atoms with van der Waals surface area (Å²) >= 11 is 0. The summed E-state index contributed by atoms with van der Waals surface area (Å²) in [5, 5.41) is 10.5. The molecule has 0 amide bonds. The minimum Gasteiger partial charge on any atom is -0.372 e. The molecule has 0 heterocycles. The molecule has 2 nitrogen and oxygen atoms in total. The number of Topliss-reactive ketones (excluding diaryl/α,β-unsaturated/α-hetero) is 1. The summed E-state index contributed by atoms with van der Waals surface area (Å²) in [5.41, 5.74) is -2.16. The number of benzene rings is 2. The third-order valence-electron chi connectivity index (χ3n) is 4.13. The molecule has 2 aromatic carbocycles. The number of rotatable bonds is 1. The maximum Gasteiger partial charge on any atom is 0.425 e. The molecule has 1 atom stereocenters. The van der Waals surface area contributed by atoms with Crippen molar-refractivity contribution in [2.24, 2.45) is 0 Å². The zero-order valence-electron chi connectivity index (χ0n) is 12.0. The van der Waals surface area contributed by atoms with Gasteiger partial charge < -0.3 is 5.11 Å². The molecule has 5 heteroatoms. The van der Waals surface area contributed by atoms with Crippen LogP contribution < -0.4 is 0 Å². The zero-order valence-corrected chi connectivity index (χ0v) is 12.0. The van der Waals surface area contributed by atoms with Crippen molar-refractivity contribution in [3.05, 3.63) is 58.7 Å². The number of hydrogen-bond acceptors (Lipinski definition) is 2. The van der Waals surface area contributed by atoms with Crippen LogP contribution in [0, 0.1) is 6.92 Å². The summed E-state index contributed by atoms with van der Waals surface area (Å²) in [6.07, 6.45) is -4.88. The lowest BCUT2D eigenvalue weighted by Gasteiger charge is -2.28. The minimum absolute atomic E-state index is 0.159. The first-order chi connectivity index (χ1) is 10.2. The Bertz CT molecular complexity index is 793. The van der Waals surface area contributed by atoms with Crippen LogP contribution in [0.3, 0.4) is 0 Å². The standard InChI is InChI=1S/C17H13F3O2/c1-9-7-11(10(2)21)8-14-15(9)12-5-3-4-6-13(12)16(14,22)17(18,19)20/h3-8,22H,1-2H3. The molecule has 114 valence electrons. The van der Waals surface area contributed by atoms with E-state index in [9.17, 15) is 23.1 Å². The first-order valence-electron chi connectivity index (χ1n) is 6.73. The molecule has 1 aliphatic rings. The van der Waals surface area contributed by atoms with Crippen molar-refractivity contribution < 1.29 is 23.1 Å². The number of aryl methyl sites for hydroxylation is 1. The third-order valence-corrected chi connectivity index (χ3v) is 4.13. The Morgan fingerprint density at radius 2 is 1.77 bits per heavy atom. The average Bonchev–Trinajstić information content (AvgIpc) is 2.70. The van der Waals surface area contributed by atoms with Crippen LogP contribution in [0.15, 0.2) is 36.4 Å². The second-order valence-electron chi connectivity index (χ2n) is 5.53. The second-order valence-corrected chi connectivity index (χ2v) is 5.53. The van der Waals surface area contributed by atoms with Crippen molar-refractivity contribution in [2.45, 2.75) is 25.6 Å². The van der Waals surface area contributed by atoms with E-state index >= 15 is 0 Å². The molecule has 0 aromatic heterocycles. The van der Waals surface area contributed by atoms with Crippen molar-refractivity contribution in [2.75, 3.05) is 0 Å². The molecule has 3 rings (SSSR count). The third kappa shape index (κ3) is 1.75. The first-order valence-corrected chi connectivity index (χ1v) is 6.73. The smallest absolute Gasteiger partial charge is 0.372 e. The van der Waals surface area contributed by atoms with E-state index in [0.29, 0.717) is 16.7 Å². The Kier molecular flexibility index (Phi) is 2.98. The van der Waals surface area contributed by atoms with Gasteiger partial charge in [0.1, 0.15) is 0 Å². The van der Waals surface area contributed by atoms with Crippen molar-refractivity contribution in [3.63, 3.8) is 0 Å². The quantitative estimate of drug-likeness (QED) is 0.809. The van der Waals surface area contributed by atoms with Gasteiger partial charge in [-0.15, -0.1) is 0 Å². The second kappa shape index (κ2) is 4.43. The van der Waals surface area contributed by atoms with Crippen molar-refractivity contribution in [3.8, 4) is 11.1 Å². The molecule has 0 radical (unpaired) electrons. The van der Waals surface area contributed by atoms with E-state index in [0.717, 1.165) is 6.07 Å². The van der Waals surface area contributed by atoms with Gasteiger partial charge in [0.15, 0.2) is 5.78 Å². The van der Waals surface area contributed by atoms with Gasteiger partial charge in [0.05, 0.1) is 0 Å². The Morgan fingerprint density at radius 1 is 1.14 bits per heavy atom. The fourth-order valence-corrected chi connectivity index (χ4v) is 3.10. The number of carbonyl (C=O) groups is 1. The molecule has 0 saturated heterocycles. The zero-order chi connectivity index (χ0) is 16.3. The lowest BCUT2D eigenvalue weighted by Crippen LogP contribution is -2.41. The lowest BCUT2D eigenvalue weighted by molar-refractivity contribution is -0.246. The topological polar surface area (TPSA) is 37.3 Å². The van der Waals surface area contributed by atoms with Crippen LogP contribution in [0.25, 0.3) is 11.1 Å². The Hall–Kier alpha value is -2.14. The predicted octanol–water partition coefficient (Wildman–Crippen LogP) is 3.98. The highest BCUT2D eigenvalue weighted by Gasteiger charge is 2.61. The number of fused-ring (bicyclic) bond motifs is 3. The largest absolute Gasteiger partial charge is 0.425 e. The molecular weight excluding hydrogens is 293 g/mol. The van der Waals surface area contributed by atoms with Gasteiger partial charge in [-0.25, -0.2) is 0 Å². The van der Waals surface area contributed by atoms with Crippen LogP contribution in [0.5, 0.6) is 0 Å². The van der Waals surface area contributed by atoms with Crippen LogP contribution in [-0.4, -0.2) is 17.1 Å². The number of alkyl halides is 3. The minimum atomic E-state index is -4.88. The van der Waals surface area contributed by atoms with E-state index in [1.165, 1.54) is 19.1 Å². The van der Waals surface area contributed by atoms with E-state index < -0.39 is 11.8 Å². The molecular formula is C17H13F3O2. The summed E-state index contributed by atoms with van der Waals surface area (Å²) < 4.78 is 40.9. The van der Waals surface area contributed by atoms with E-state index in [2.05, 4.69) is 0 Å². The van der Waals surface area contributed by atoms with Gasteiger partial charge in [-0.2, -0.15) is 13.2 Å². The van der Waals surface area contributed by atoms with Crippen LogP contribution in [0.1, 0.15) is 34.0 Å². The molecule has 0 bridgehead atoms. The molecule has 0 spiro atoms. The number of halogens is 3. The summed E-state index contributed by atoms with van der Waals surface area (Å²) in [7, 11) is 0. The first kappa shape index (κ1) is 14.8. The summed E-state index contributed by atoms with van der Waals surface area (Å²) in [6, 6.07) is 8.62. The fourth-order valence-electron chi connectivity index (χ4n) is 3.10. The molecule has 1 unspecified atom stereocenters. The fraction of sp³-hybridized carbons (Fsp3) is 0.235. The lowest BCUT2D eigenvalue weighted by atomic mass is 9.88. The van der Waals surface area contributed by atoms with Crippen molar-refractivity contribution in [1.82, 2.24) is 0 Å². The van der Waals surface area contributed by atoms with Gasteiger partial charge in [0, 0.05) is 16.7 Å².